The van der Waals surface area contributed by atoms with Crippen LogP contribution in [-0.2, 0) is 9.53 Å². The highest BCUT2D eigenvalue weighted by molar-refractivity contribution is 5.81. The second kappa shape index (κ2) is 7.85. The molecule has 0 radical (unpaired) electrons. The van der Waals surface area contributed by atoms with Crippen LogP contribution >= 0.6 is 0 Å². The maximum atomic E-state index is 12.0. The zero-order chi connectivity index (χ0) is 19.5. The van der Waals surface area contributed by atoms with Gasteiger partial charge in [0.05, 0.1) is 18.3 Å². The largest absolute Gasteiger partial charge is 0.471 e. The third-order valence-corrected chi connectivity index (χ3v) is 3.63. The standard InChI is InChI=1S/C14H16F3N3O6/c15-14(16,17)12(24)18-3-1-2-7-5-20(13(25)19-11(7)23)10-4-8(22)9(6-21)26-10/h1-2,5,8-10,21-22H,3-4,6H2,(H,18,24)(H,19,23,25)/b2-1-/t8-,9+,10+/m0/s1. The molecule has 0 aromatic carbocycles. The second-order valence-corrected chi connectivity index (χ2v) is 5.48. The molecule has 26 heavy (non-hydrogen) atoms. The first kappa shape index (κ1) is 19.9. The Balaban J connectivity index is 2.13. The van der Waals surface area contributed by atoms with Gasteiger partial charge in [-0.2, -0.15) is 13.2 Å². The van der Waals surface area contributed by atoms with Crippen molar-refractivity contribution in [2.75, 3.05) is 13.2 Å². The van der Waals surface area contributed by atoms with Crippen LogP contribution in [0.25, 0.3) is 6.08 Å². The van der Waals surface area contributed by atoms with Gasteiger partial charge in [-0.25, -0.2) is 4.79 Å². The van der Waals surface area contributed by atoms with E-state index in [1.54, 1.807) is 5.32 Å². The SMILES string of the molecule is O=C(NC/C=C\c1cn([C@H]2C[C@H](O)[C@@H](CO)O2)c(=O)[nH]c1=O)C(F)(F)F. The van der Waals surface area contributed by atoms with Crippen molar-refractivity contribution in [1.29, 1.82) is 0 Å². The predicted molar refractivity (Wildman–Crippen MR) is 81.0 cm³/mol. The lowest BCUT2D eigenvalue weighted by Crippen LogP contribution is -2.36. The topological polar surface area (TPSA) is 134 Å². The number of nitrogens with zero attached hydrogens (tertiary/aromatic N) is 1. The summed E-state index contributed by atoms with van der Waals surface area (Å²) in [7, 11) is 0. The molecule has 0 aliphatic carbocycles. The fourth-order valence-electron chi connectivity index (χ4n) is 2.32. The number of aliphatic hydroxyl groups excluding tert-OH is 2. The van der Waals surface area contributed by atoms with E-state index in [0.717, 1.165) is 22.9 Å². The van der Waals surface area contributed by atoms with Crippen LogP contribution < -0.4 is 16.6 Å². The Bertz CT molecular complexity index is 800. The van der Waals surface area contributed by atoms with Crippen molar-refractivity contribution in [3.05, 3.63) is 38.7 Å². The Morgan fingerprint density at radius 1 is 1.46 bits per heavy atom. The first-order valence-electron chi connectivity index (χ1n) is 7.45. The van der Waals surface area contributed by atoms with E-state index in [-0.39, 0.29) is 12.0 Å². The van der Waals surface area contributed by atoms with Gasteiger partial charge in [0.15, 0.2) is 0 Å². The Labute approximate surface area is 143 Å². The number of hydrogen-bond acceptors (Lipinski definition) is 6. The molecular formula is C14H16F3N3O6. The van der Waals surface area contributed by atoms with Gasteiger partial charge in [-0.15, -0.1) is 0 Å². The highest BCUT2D eigenvalue weighted by Gasteiger charge is 2.38. The molecule has 1 aromatic heterocycles. The molecule has 1 fully saturated rings. The normalized spacial score (nSPS) is 23.5. The number of halogens is 3. The van der Waals surface area contributed by atoms with Crippen LogP contribution in [0.5, 0.6) is 0 Å². The number of ether oxygens (including phenoxy) is 1. The van der Waals surface area contributed by atoms with E-state index in [2.05, 4.69) is 0 Å². The van der Waals surface area contributed by atoms with Crippen molar-refractivity contribution < 1.29 is 32.9 Å². The summed E-state index contributed by atoms with van der Waals surface area (Å²) in [5.41, 5.74) is -1.67. The molecule has 1 saturated heterocycles. The number of nitrogens with one attached hydrogen (secondary N) is 2. The molecule has 0 bridgehead atoms. The van der Waals surface area contributed by atoms with Crippen molar-refractivity contribution in [3.63, 3.8) is 0 Å². The van der Waals surface area contributed by atoms with Gasteiger partial charge in [-0.05, 0) is 0 Å². The van der Waals surface area contributed by atoms with Crippen molar-refractivity contribution in [3.8, 4) is 0 Å². The highest BCUT2D eigenvalue weighted by atomic mass is 19.4. The molecule has 144 valence electrons. The molecule has 12 heteroatoms. The summed E-state index contributed by atoms with van der Waals surface area (Å²) in [5, 5.41) is 20.4. The Morgan fingerprint density at radius 2 is 2.15 bits per heavy atom. The van der Waals surface area contributed by atoms with Crippen molar-refractivity contribution in [2.24, 2.45) is 0 Å². The minimum absolute atomic E-state index is 0.00196. The van der Waals surface area contributed by atoms with Gasteiger partial charge in [0.1, 0.15) is 12.3 Å². The molecule has 1 amide bonds. The molecule has 0 saturated carbocycles. The summed E-state index contributed by atoms with van der Waals surface area (Å²) in [6.45, 7) is -0.941. The van der Waals surface area contributed by atoms with Gasteiger partial charge in [0.2, 0.25) is 0 Å². The highest BCUT2D eigenvalue weighted by Crippen LogP contribution is 2.27. The van der Waals surface area contributed by atoms with E-state index < -0.39 is 54.9 Å². The van der Waals surface area contributed by atoms with Gasteiger partial charge in [-0.1, -0.05) is 12.2 Å². The zero-order valence-electron chi connectivity index (χ0n) is 13.2. The first-order valence-corrected chi connectivity index (χ1v) is 7.45. The zero-order valence-corrected chi connectivity index (χ0v) is 13.2. The fourth-order valence-corrected chi connectivity index (χ4v) is 2.32. The number of aromatic nitrogens is 2. The lowest BCUT2D eigenvalue weighted by molar-refractivity contribution is -0.173. The second-order valence-electron chi connectivity index (χ2n) is 5.48. The minimum Gasteiger partial charge on any atom is -0.394 e. The van der Waals surface area contributed by atoms with E-state index in [4.69, 9.17) is 9.84 Å². The number of carbonyl (C=O) groups is 1. The van der Waals surface area contributed by atoms with Gasteiger partial charge >= 0.3 is 17.8 Å². The fraction of sp³-hybridized carbons (Fsp3) is 0.500. The summed E-state index contributed by atoms with van der Waals surface area (Å²) in [6.07, 6.45) is -4.48. The third-order valence-electron chi connectivity index (χ3n) is 3.63. The molecule has 0 spiro atoms. The minimum atomic E-state index is -5.01. The molecular weight excluding hydrogens is 363 g/mol. The van der Waals surface area contributed by atoms with E-state index >= 15 is 0 Å². The van der Waals surface area contributed by atoms with Gasteiger partial charge < -0.3 is 20.3 Å². The van der Waals surface area contributed by atoms with Crippen LogP contribution in [0, 0.1) is 0 Å². The third kappa shape index (κ3) is 4.59. The van der Waals surface area contributed by atoms with Crippen LogP contribution in [0.3, 0.4) is 0 Å². The number of carbonyl (C=O) groups excluding carboxylic acids is 1. The molecule has 9 nitrogen and oxygen atoms in total. The maximum Gasteiger partial charge on any atom is 0.471 e. The maximum absolute atomic E-state index is 12.0. The van der Waals surface area contributed by atoms with Crippen LogP contribution in [0.4, 0.5) is 13.2 Å². The molecule has 3 atom stereocenters. The monoisotopic (exact) mass is 379 g/mol. The molecule has 2 heterocycles. The first-order chi connectivity index (χ1) is 12.1. The summed E-state index contributed by atoms with van der Waals surface area (Å²) in [5.74, 6) is -2.12. The van der Waals surface area contributed by atoms with Gasteiger partial charge in [0, 0.05) is 19.2 Å². The number of alkyl halides is 3. The van der Waals surface area contributed by atoms with Crippen LogP contribution in [0.1, 0.15) is 18.2 Å². The van der Waals surface area contributed by atoms with E-state index in [1.165, 1.54) is 0 Å². The average molecular weight is 379 g/mol. The number of H-pyrrole nitrogens is 1. The molecule has 1 aliphatic heterocycles. The summed E-state index contributed by atoms with van der Waals surface area (Å²) < 4.78 is 42.4. The van der Waals surface area contributed by atoms with Gasteiger partial charge in [0.25, 0.3) is 5.56 Å². The number of amides is 1. The lowest BCUT2D eigenvalue weighted by atomic mass is 10.2. The predicted octanol–water partition coefficient (Wildman–Crippen LogP) is -1.13. The number of hydrogen-bond donors (Lipinski definition) is 4. The van der Waals surface area contributed by atoms with E-state index in [1.807, 2.05) is 4.98 Å². The molecule has 1 aliphatic rings. The van der Waals surface area contributed by atoms with Crippen LogP contribution in [-0.4, -0.2) is 57.2 Å². The number of aromatic amines is 1. The lowest BCUT2D eigenvalue weighted by Gasteiger charge is -2.14. The summed E-state index contributed by atoms with van der Waals surface area (Å²) in [4.78, 5) is 36.3. The molecule has 1 aromatic rings. The van der Waals surface area contributed by atoms with E-state index in [0.29, 0.717) is 0 Å². The van der Waals surface area contributed by atoms with Crippen molar-refractivity contribution in [2.45, 2.75) is 31.0 Å². The Hall–Kier alpha value is -2.44. The smallest absolute Gasteiger partial charge is 0.394 e. The average Bonchev–Trinajstić information content (AvgIpc) is 2.92. The number of rotatable bonds is 5. The number of aliphatic hydroxyl groups is 2. The molecule has 2 rings (SSSR count). The van der Waals surface area contributed by atoms with Crippen molar-refractivity contribution >= 4 is 12.0 Å². The Morgan fingerprint density at radius 3 is 2.73 bits per heavy atom. The quantitative estimate of drug-likeness (QED) is 0.512. The summed E-state index contributed by atoms with van der Waals surface area (Å²) >= 11 is 0. The van der Waals surface area contributed by atoms with E-state index in [9.17, 15) is 32.7 Å². The van der Waals surface area contributed by atoms with Crippen LogP contribution in [0.2, 0.25) is 0 Å². The van der Waals surface area contributed by atoms with Crippen molar-refractivity contribution in [1.82, 2.24) is 14.9 Å². The molecule has 4 N–H and O–H groups in total. The molecule has 0 unspecified atom stereocenters. The summed E-state index contributed by atoms with van der Waals surface area (Å²) in [6, 6.07) is 0. The Kier molecular flexibility index (Phi) is 6.00. The van der Waals surface area contributed by atoms with Crippen LogP contribution in [0.15, 0.2) is 21.9 Å². The van der Waals surface area contributed by atoms with Gasteiger partial charge in [-0.3, -0.25) is 19.1 Å².